The Bertz CT molecular complexity index is 1080. The van der Waals surface area contributed by atoms with E-state index in [9.17, 15) is 4.79 Å². The van der Waals surface area contributed by atoms with Gasteiger partial charge in [0.05, 0.1) is 22.6 Å². The molecule has 6 heteroatoms. The molecule has 0 aliphatic carbocycles. The van der Waals surface area contributed by atoms with E-state index >= 15 is 0 Å². The van der Waals surface area contributed by atoms with E-state index in [4.69, 9.17) is 5.73 Å². The van der Waals surface area contributed by atoms with E-state index in [1.54, 1.807) is 23.0 Å². The van der Waals surface area contributed by atoms with E-state index in [2.05, 4.69) is 15.2 Å². The summed E-state index contributed by atoms with van der Waals surface area (Å²) >= 11 is 0. The number of nitrogens with zero attached hydrogens (tertiary/aromatic N) is 3. The molecule has 0 amide bonds. The lowest BCUT2D eigenvalue weighted by Crippen LogP contribution is -2.19. The Hall–Kier alpha value is -3.15. The molecule has 0 saturated heterocycles. The van der Waals surface area contributed by atoms with Gasteiger partial charge in [0.2, 0.25) is 0 Å². The van der Waals surface area contributed by atoms with Crippen LogP contribution in [0.25, 0.3) is 32.9 Å². The first-order valence-corrected chi connectivity index (χ1v) is 7.40. The van der Waals surface area contributed by atoms with Crippen LogP contribution in [0.15, 0.2) is 47.5 Å². The van der Waals surface area contributed by atoms with Crippen LogP contribution in [0, 0.1) is 0 Å². The molecule has 0 atom stereocenters. The lowest BCUT2D eigenvalue weighted by molar-refractivity contribution is 0.767. The van der Waals surface area contributed by atoms with Crippen molar-refractivity contribution in [1.82, 2.24) is 19.7 Å². The Morgan fingerprint density at radius 1 is 1.13 bits per heavy atom. The number of hydrogen-bond donors (Lipinski definition) is 2. The summed E-state index contributed by atoms with van der Waals surface area (Å²) in [6.07, 6.45) is 3.32. The number of rotatable bonds is 2. The molecule has 23 heavy (non-hydrogen) atoms. The summed E-state index contributed by atoms with van der Waals surface area (Å²) in [6.45, 7) is 2.56. The minimum atomic E-state index is -0.0312. The molecule has 4 rings (SSSR count). The quantitative estimate of drug-likeness (QED) is 0.595. The van der Waals surface area contributed by atoms with Crippen molar-refractivity contribution in [1.29, 1.82) is 0 Å². The molecule has 3 heterocycles. The number of fused-ring (bicyclic) bond motifs is 3. The minimum absolute atomic E-state index is 0.0312. The van der Waals surface area contributed by atoms with Gasteiger partial charge in [0.15, 0.2) is 0 Å². The molecule has 0 aliphatic rings. The molecule has 114 valence electrons. The van der Waals surface area contributed by atoms with Gasteiger partial charge in [-0.2, -0.15) is 5.10 Å². The van der Waals surface area contributed by atoms with Gasteiger partial charge in [-0.25, -0.2) is 4.98 Å². The van der Waals surface area contributed by atoms with Crippen LogP contribution in [0.3, 0.4) is 0 Å². The summed E-state index contributed by atoms with van der Waals surface area (Å²) in [7, 11) is 0. The van der Waals surface area contributed by atoms with Crippen LogP contribution in [0.5, 0.6) is 0 Å². The Morgan fingerprint density at radius 3 is 2.70 bits per heavy atom. The zero-order chi connectivity index (χ0) is 16.0. The third kappa shape index (κ3) is 1.99. The number of nitrogen functional groups attached to an aromatic ring is 1. The second kappa shape index (κ2) is 4.95. The van der Waals surface area contributed by atoms with E-state index in [0.717, 1.165) is 27.5 Å². The molecule has 0 spiro atoms. The van der Waals surface area contributed by atoms with Crippen molar-refractivity contribution in [2.45, 2.75) is 13.5 Å². The van der Waals surface area contributed by atoms with E-state index in [1.807, 2.05) is 31.2 Å². The van der Waals surface area contributed by atoms with Gasteiger partial charge in [0, 0.05) is 23.7 Å². The third-order valence-corrected chi connectivity index (χ3v) is 4.11. The van der Waals surface area contributed by atoms with Crippen molar-refractivity contribution in [3.05, 3.63) is 53.1 Å². The number of aryl methyl sites for hydroxylation is 1. The molecule has 6 nitrogen and oxygen atoms in total. The summed E-state index contributed by atoms with van der Waals surface area (Å²) in [5.74, 6) is 0.485. The van der Waals surface area contributed by atoms with Crippen molar-refractivity contribution in [2.24, 2.45) is 0 Å². The Balaban J connectivity index is 2.06. The maximum Gasteiger partial charge on any atom is 0.262 e. The van der Waals surface area contributed by atoms with Crippen molar-refractivity contribution in [3.8, 4) is 11.1 Å². The number of benzene rings is 1. The normalized spacial score (nSPS) is 11.3. The van der Waals surface area contributed by atoms with Crippen LogP contribution in [-0.2, 0) is 6.54 Å². The predicted molar refractivity (Wildman–Crippen MR) is 91.2 cm³/mol. The monoisotopic (exact) mass is 305 g/mol. The molecule has 3 N–H and O–H groups in total. The van der Waals surface area contributed by atoms with Gasteiger partial charge in [0.1, 0.15) is 5.82 Å². The summed E-state index contributed by atoms with van der Waals surface area (Å²) in [4.78, 5) is 16.7. The SMILES string of the molecule is CCn1c(=O)c2cn[nH]c2c2ccc(-c3ccc(N)nc3)cc21. The van der Waals surface area contributed by atoms with Gasteiger partial charge in [-0.15, -0.1) is 0 Å². The van der Waals surface area contributed by atoms with E-state index in [-0.39, 0.29) is 5.56 Å². The van der Waals surface area contributed by atoms with Gasteiger partial charge < -0.3 is 10.3 Å². The smallest absolute Gasteiger partial charge is 0.262 e. The third-order valence-electron chi connectivity index (χ3n) is 4.11. The largest absolute Gasteiger partial charge is 0.384 e. The Morgan fingerprint density at radius 2 is 1.96 bits per heavy atom. The molecule has 0 bridgehead atoms. The van der Waals surface area contributed by atoms with Crippen LogP contribution < -0.4 is 11.3 Å². The maximum absolute atomic E-state index is 12.6. The molecular weight excluding hydrogens is 290 g/mol. The highest BCUT2D eigenvalue weighted by atomic mass is 16.1. The lowest BCUT2D eigenvalue weighted by Gasteiger charge is -2.11. The summed E-state index contributed by atoms with van der Waals surface area (Å²) in [5, 5.41) is 8.54. The van der Waals surface area contributed by atoms with Crippen LogP contribution in [0.2, 0.25) is 0 Å². The van der Waals surface area contributed by atoms with Crippen molar-refractivity contribution >= 4 is 27.6 Å². The number of pyridine rings is 2. The number of nitrogens with two attached hydrogens (primary N) is 1. The zero-order valence-electron chi connectivity index (χ0n) is 12.6. The van der Waals surface area contributed by atoms with Gasteiger partial charge in [-0.05, 0) is 30.7 Å². The first kappa shape index (κ1) is 13.5. The van der Waals surface area contributed by atoms with Crippen molar-refractivity contribution < 1.29 is 0 Å². The van der Waals surface area contributed by atoms with Gasteiger partial charge in [-0.1, -0.05) is 12.1 Å². The van der Waals surface area contributed by atoms with Crippen LogP contribution in [-0.4, -0.2) is 19.7 Å². The van der Waals surface area contributed by atoms with Gasteiger partial charge >= 0.3 is 0 Å². The fraction of sp³-hybridized carbons (Fsp3) is 0.118. The second-order valence-corrected chi connectivity index (χ2v) is 5.41. The number of H-pyrrole nitrogens is 1. The highest BCUT2D eigenvalue weighted by molar-refractivity contribution is 6.04. The van der Waals surface area contributed by atoms with Crippen LogP contribution in [0.1, 0.15) is 6.92 Å². The summed E-state index contributed by atoms with van der Waals surface area (Å²) in [5.41, 5.74) is 9.22. The van der Waals surface area contributed by atoms with Crippen molar-refractivity contribution in [3.63, 3.8) is 0 Å². The Kier molecular flexibility index (Phi) is 2.90. The molecule has 0 saturated carbocycles. The molecule has 0 radical (unpaired) electrons. The molecule has 4 aromatic rings. The average molecular weight is 305 g/mol. The van der Waals surface area contributed by atoms with E-state index in [1.165, 1.54) is 0 Å². The second-order valence-electron chi connectivity index (χ2n) is 5.41. The number of hydrogen-bond acceptors (Lipinski definition) is 4. The molecule has 0 fully saturated rings. The van der Waals surface area contributed by atoms with Gasteiger partial charge in [0.25, 0.3) is 5.56 Å². The summed E-state index contributed by atoms with van der Waals surface area (Å²) < 4.78 is 1.77. The number of aromatic amines is 1. The van der Waals surface area contributed by atoms with Gasteiger partial charge in [-0.3, -0.25) is 9.89 Å². The maximum atomic E-state index is 12.6. The highest BCUT2D eigenvalue weighted by Gasteiger charge is 2.12. The lowest BCUT2D eigenvalue weighted by atomic mass is 10.0. The van der Waals surface area contributed by atoms with E-state index < -0.39 is 0 Å². The highest BCUT2D eigenvalue weighted by Crippen LogP contribution is 2.27. The fourth-order valence-corrected chi connectivity index (χ4v) is 2.94. The standard InChI is InChI=1S/C17H15N5O/c1-2-22-14-7-10(11-4-6-15(18)19-8-11)3-5-12(14)16-13(17(22)23)9-20-21-16/h3-9H,2H2,1H3,(H2,18,19)(H,20,21). The zero-order valence-corrected chi connectivity index (χ0v) is 12.6. The fourth-order valence-electron chi connectivity index (χ4n) is 2.94. The first-order valence-electron chi connectivity index (χ1n) is 7.40. The molecule has 1 aromatic carbocycles. The number of nitrogens with one attached hydrogen (secondary N) is 1. The summed E-state index contributed by atoms with van der Waals surface area (Å²) in [6, 6.07) is 9.72. The van der Waals surface area contributed by atoms with Crippen LogP contribution >= 0.6 is 0 Å². The topological polar surface area (TPSA) is 89.6 Å². The average Bonchev–Trinajstić information content (AvgIpc) is 3.06. The molecular formula is C17H15N5O. The Labute approximate surface area is 131 Å². The number of aromatic nitrogens is 4. The molecule has 0 aliphatic heterocycles. The predicted octanol–water partition coefficient (Wildman–Crippen LogP) is 2.54. The van der Waals surface area contributed by atoms with Crippen molar-refractivity contribution in [2.75, 3.05) is 5.73 Å². The minimum Gasteiger partial charge on any atom is -0.384 e. The van der Waals surface area contributed by atoms with Crippen LogP contribution in [0.4, 0.5) is 5.82 Å². The molecule has 0 unspecified atom stereocenters. The van der Waals surface area contributed by atoms with E-state index in [0.29, 0.717) is 17.7 Å². The molecule has 3 aromatic heterocycles. The first-order chi connectivity index (χ1) is 11.2. The number of anilines is 1.